The van der Waals surface area contributed by atoms with Crippen molar-refractivity contribution in [3.05, 3.63) is 28.8 Å². The predicted octanol–water partition coefficient (Wildman–Crippen LogP) is -0.571. The van der Waals surface area contributed by atoms with Crippen molar-refractivity contribution < 1.29 is 9.90 Å². The van der Waals surface area contributed by atoms with Crippen LogP contribution in [0.2, 0.25) is 0 Å². The molecule has 17 heavy (non-hydrogen) atoms. The van der Waals surface area contributed by atoms with Crippen LogP contribution in [0.4, 0.5) is 0 Å². The third-order valence-electron chi connectivity index (χ3n) is 1.93. The summed E-state index contributed by atoms with van der Waals surface area (Å²) in [6.07, 6.45) is 2.78. The van der Waals surface area contributed by atoms with Crippen molar-refractivity contribution in [3.63, 3.8) is 0 Å². The van der Waals surface area contributed by atoms with Gasteiger partial charge >= 0.3 is 0 Å². The Balaban J connectivity index is 2.33. The maximum Gasteiger partial charge on any atom is 0.290 e. The first kappa shape index (κ1) is 10.9. The van der Waals surface area contributed by atoms with Crippen LogP contribution in [-0.2, 0) is 4.79 Å². The molecule has 0 fully saturated rings. The molecule has 0 atom stereocenters. The SMILES string of the molecule is CC(=O)Nn1ncc(-c2c[nH]c(=O)c(O)c2)n1. The van der Waals surface area contributed by atoms with E-state index in [0.717, 1.165) is 4.91 Å². The first-order valence-electron chi connectivity index (χ1n) is 4.68. The highest BCUT2D eigenvalue weighted by atomic mass is 16.3. The van der Waals surface area contributed by atoms with E-state index < -0.39 is 11.3 Å². The molecule has 2 rings (SSSR count). The zero-order valence-electron chi connectivity index (χ0n) is 8.84. The lowest BCUT2D eigenvalue weighted by Gasteiger charge is -1.98. The van der Waals surface area contributed by atoms with Crippen molar-refractivity contribution in [2.24, 2.45) is 0 Å². The Bertz CT molecular complexity index is 615. The van der Waals surface area contributed by atoms with Crippen molar-refractivity contribution in [2.45, 2.75) is 6.92 Å². The summed E-state index contributed by atoms with van der Waals surface area (Å²) < 4.78 is 0. The number of nitrogens with zero attached hydrogens (tertiary/aromatic N) is 3. The Morgan fingerprint density at radius 2 is 2.35 bits per heavy atom. The summed E-state index contributed by atoms with van der Waals surface area (Å²) in [5.41, 5.74) is 2.65. The quantitative estimate of drug-likeness (QED) is 0.645. The Kier molecular flexibility index (Phi) is 2.61. The van der Waals surface area contributed by atoms with Gasteiger partial charge in [-0.25, -0.2) is 5.43 Å². The molecule has 0 unspecified atom stereocenters. The molecule has 0 radical (unpaired) electrons. The molecular weight excluding hydrogens is 226 g/mol. The number of pyridine rings is 1. The molecule has 0 bridgehead atoms. The number of nitrogens with one attached hydrogen (secondary N) is 2. The first-order chi connectivity index (χ1) is 8.06. The number of carbonyl (C=O) groups is 1. The van der Waals surface area contributed by atoms with Crippen LogP contribution in [0.3, 0.4) is 0 Å². The molecule has 2 aromatic rings. The number of aromatic amines is 1. The van der Waals surface area contributed by atoms with Gasteiger partial charge in [-0.3, -0.25) is 9.59 Å². The molecule has 8 nitrogen and oxygen atoms in total. The van der Waals surface area contributed by atoms with Gasteiger partial charge < -0.3 is 10.1 Å². The zero-order chi connectivity index (χ0) is 12.4. The van der Waals surface area contributed by atoms with Crippen molar-refractivity contribution in [3.8, 4) is 17.0 Å². The number of carbonyl (C=O) groups excluding carboxylic acids is 1. The fourth-order valence-corrected chi connectivity index (χ4v) is 1.21. The van der Waals surface area contributed by atoms with E-state index in [9.17, 15) is 14.7 Å². The molecular formula is C9H9N5O3. The summed E-state index contributed by atoms with van der Waals surface area (Å²) in [7, 11) is 0. The summed E-state index contributed by atoms with van der Waals surface area (Å²) >= 11 is 0. The van der Waals surface area contributed by atoms with Crippen molar-refractivity contribution >= 4 is 5.91 Å². The van der Waals surface area contributed by atoms with Crippen LogP contribution in [0.5, 0.6) is 5.75 Å². The van der Waals surface area contributed by atoms with Crippen LogP contribution in [0, 0.1) is 0 Å². The number of hydrogen-bond acceptors (Lipinski definition) is 5. The molecule has 1 amide bonds. The molecule has 2 heterocycles. The summed E-state index contributed by atoms with van der Waals surface area (Å²) in [5, 5.41) is 17.0. The number of aromatic nitrogens is 4. The summed E-state index contributed by atoms with van der Waals surface area (Å²) in [5.74, 6) is -0.715. The maximum atomic E-state index is 10.9. The second kappa shape index (κ2) is 4.08. The van der Waals surface area contributed by atoms with Crippen molar-refractivity contribution in [2.75, 3.05) is 5.43 Å². The first-order valence-corrected chi connectivity index (χ1v) is 4.68. The van der Waals surface area contributed by atoms with E-state index in [-0.39, 0.29) is 5.91 Å². The predicted molar refractivity (Wildman–Crippen MR) is 57.8 cm³/mol. The maximum absolute atomic E-state index is 10.9. The standard InChI is InChI=1S/C9H9N5O3/c1-5(15)12-14-11-4-7(13-14)6-2-8(16)9(17)10-3-6/h2-4,16H,1H3,(H,10,17)(H,12,15). The zero-order valence-corrected chi connectivity index (χ0v) is 8.84. The topological polar surface area (TPSA) is 113 Å². The summed E-state index contributed by atoms with van der Waals surface area (Å²) in [6, 6.07) is 1.26. The molecule has 0 aliphatic rings. The van der Waals surface area contributed by atoms with E-state index in [0.29, 0.717) is 11.3 Å². The fraction of sp³-hybridized carbons (Fsp3) is 0.111. The average Bonchev–Trinajstić information content (AvgIpc) is 2.69. The normalized spacial score (nSPS) is 10.2. The molecule has 0 saturated heterocycles. The van der Waals surface area contributed by atoms with Crippen LogP contribution in [0.15, 0.2) is 23.3 Å². The van der Waals surface area contributed by atoms with Gasteiger partial charge in [-0.15, -0.1) is 10.2 Å². The largest absolute Gasteiger partial charge is 0.503 e. The number of H-pyrrole nitrogens is 1. The van der Waals surface area contributed by atoms with E-state index in [1.165, 1.54) is 25.4 Å². The highest BCUT2D eigenvalue weighted by molar-refractivity contribution is 5.80. The van der Waals surface area contributed by atoms with E-state index in [4.69, 9.17) is 0 Å². The Hall–Kier alpha value is -2.64. The minimum atomic E-state index is -0.581. The second-order valence-electron chi connectivity index (χ2n) is 3.29. The van der Waals surface area contributed by atoms with Gasteiger partial charge in [-0.2, -0.15) is 0 Å². The summed E-state index contributed by atoms with van der Waals surface area (Å²) in [4.78, 5) is 25.1. The number of hydrogen-bond donors (Lipinski definition) is 3. The van der Waals surface area contributed by atoms with Gasteiger partial charge in [-0.05, 0) is 6.07 Å². The van der Waals surface area contributed by atoms with Crippen LogP contribution < -0.4 is 11.0 Å². The molecule has 0 spiro atoms. The number of amides is 1. The Morgan fingerprint density at radius 1 is 1.59 bits per heavy atom. The van der Waals surface area contributed by atoms with E-state index in [2.05, 4.69) is 20.6 Å². The third-order valence-corrected chi connectivity index (χ3v) is 1.93. The highest BCUT2D eigenvalue weighted by Crippen LogP contribution is 2.16. The highest BCUT2D eigenvalue weighted by Gasteiger charge is 2.07. The molecule has 3 N–H and O–H groups in total. The molecule has 0 aromatic carbocycles. The van der Waals surface area contributed by atoms with Gasteiger partial charge in [0.2, 0.25) is 5.91 Å². The lowest BCUT2D eigenvalue weighted by molar-refractivity contribution is -0.115. The minimum Gasteiger partial charge on any atom is -0.503 e. The fourth-order valence-electron chi connectivity index (χ4n) is 1.21. The molecule has 0 saturated carbocycles. The lowest BCUT2D eigenvalue weighted by Crippen LogP contribution is -2.22. The third kappa shape index (κ3) is 2.30. The van der Waals surface area contributed by atoms with Crippen LogP contribution in [0.25, 0.3) is 11.3 Å². The lowest BCUT2D eigenvalue weighted by atomic mass is 10.2. The van der Waals surface area contributed by atoms with E-state index >= 15 is 0 Å². The monoisotopic (exact) mass is 235 g/mol. The Morgan fingerprint density at radius 3 is 3.00 bits per heavy atom. The van der Waals surface area contributed by atoms with Gasteiger partial charge in [0.05, 0.1) is 6.20 Å². The average molecular weight is 235 g/mol. The van der Waals surface area contributed by atoms with Gasteiger partial charge in [-0.1, -0.05) is 4.91 Å². The van der Waals surface area contributed by atoms with Crippen LogP contribution in [-0.4, -0.2) is 31.1 Å². The van der Waals surface area contributed by atoms with Gasteiger partial charge in [0, 0.05) is 18.7 Å². The van der Waals surface area contributed by atoms with E-state index in [1.807, 2.05) is 0 Å². The van der Waals surface area contributed by atoms with E-state index in [1.54, 1.807) is 0 Å². The molecule has 88 valence electrons. The molecule has 2 aromatic heterocycles. The molecule has 0 aliphatic carbocycles. The van der Waals surface area contributed by atoms with Crippen molar-refractivity contribution in [1.29, 1.82) is 0 Å². The molecule has 0 aliphatic heterocycles. The van der Waals surface area contributed by atoms with Gasteiger partial charge in [0.15, 0.2) is 5.75 Å². The van der Waals surface area contributed by atoms with Gasteiger partial charge in [0.1, 0.15) is 5.69 Å². The number of aromatic hydroxyl groups is 1. The minimum absolute atomic E-state index is 0.309. The second-order valence-corrected chi connectivity index (χ2v) is 3.29. The summed E-state index contributed by atoms with van der Waals surface area (Å²) in [6.45, 7) is 1.33. The number of rotatable bonds is 2. The van der Waals surface area contributed by atoms with Crippen LogP contribution in [0.1, 0.15) is 6.92 Å². The Labute approximate surface area is 94.9 Å². The molecule has 8 heteroatoms. The van der Waals surface area contributed by atoms with Gasteiger partial charge in [0.25, 0.3) is 5.56 Å². The van der Waals surface area contributed by atoms with Crippen LogP contribution >= 0.6 is 0 Å². The smallest absolute Gasteiger partial charge is 0.290 e. The van der Waals surface area contributed by atoms with Crippen molar-refractivity contribution in [1.82, 2.24) is 20.1 Å².